The first-order chi connectivity index (χ1) is 34.1. The van der Waals surface area contributed by atoms with Crippen LogP contribution in [-0.4, -0.2) is 33.0 Å². The average Bonchev–Trinajstić information content (AvgIpc) is 4.22. The van der Waals surface area contributed by atoms with Crippen molar-refractivity contribution in [3.8, 4) is 56.1 Å². The highest BCUT2D eigenvalue weighted by molar-refractivity contribution is 8.02. The monoisotopic (exact) mass is 952 g/mol. The Balaban J connectivity index is 0.787. The van der Waals surface area contributed by atoms with E-state index in [1.165, 1.54) is 71.9 Å². The highest BCUT2D eigenvalue weighted by atomic mass is 32.2. The van der Waals surface area contributed by atoms with Crippen LogP contribution < -0.4 is 32.8 Å². The summed E-state index contributed by atoms with van der Waals surface area (Å²) in [6, 6.07) is 64.2. The number of benzene rings is 8. The van der Waals surface area contributed by atoms with E-state index in [-0.39, 0.29) is 13.4 Å². The van der Waals surface area contributed by atoms with Crippen LogP contribution in [0.15, 0.2) is 251 Å². The highest BCUT2D eigenvalue weighted by Crippen LogP contribution is 2.42. The smallest absolute Gasteiger partial charge is 0.247 e. The van der Waals surface area contributed by atoms with Gasteiger partial charge in [0, 0.05) is 73.8 Å². The summed E-state index contributed by atoms with van der Waals surface area (Å²) in [6.07, 6.45) is 10.1. The van der Waals surface area contributed by atoms with Crippen molar-refractivity contribution in [3.63, 3.8) is 0 Å². The van der Waals surface area contributed by atoms with Crippen LogP contribution >= 0.6 is 47.0 Å². The quantitative estimate of drug-likeness (QED) is 0.154. The Hall–Kier alpha value is -7.01. The van der Waals surface area contributed by atoms with Gasteiger partial charge in [-0.2, -0.15) is 10.2 Å². The zero-order chi connectivity index (χ0) is 45.2. The number of hydrogen-bond donors (Lipinski definition) is 0. The minimum Gasteiger partial charge on any atom is -0.464 e. The molecular weight excluding hydrogens is 919 g/mol. The largest absolute Gasteiger partial charge is 0.464 e. The fourth-order valence-electron chi connectivity index (χ4n) is 10.6. The molecule has 322 valence electrons. The van der Waals surface area contributed by atoms with Gasteiger partial charge in [-0.05, 0) is 106 Å². The van der Waals surface area contributed by atoms with E-state index >= 15 is 0 Å². The molecule has 0 aliphatic carbocycles. The van der Waals surface area contributed by atoms with Gasteiger partial charge in [0.05, 0.1) is 30.0 Å². The van der Waals surface area contributed by atoms with E-state index < -0.39 is 0 Å². The minimum atomic E-state index is 0.0735. The van der Waals surface area contributed by atoms with Gasteiger partial charge in [-0.1, -0.05) is 166 Å². The van der Waals surface area contributed by atoms with Gasteiger partial charge in [0.1, 0.15) is 5.76 Å². The summed E-state index contributed by atoms with van der Waals surface area (Å²) in [4.78, 5) is 10.4. The van der Waals surface area contributed by atoms with Gasteiger partial charge in [0.15, 0.2) is 0 Å². The van der Waals surface area contributed by atoms with Crippen LogP contribution in [0.2, 0.25) is 0 Å². The molecule has 0 unspecified atom stereocenters. The van der Waals surface area contributed by atoms with Gasteiger partial charge in [0.25, 0.3) is 0 Å². The first-order valence-corrected chi connectivity index (χ1v) is 26.2. The van der Waals surface area contributed by atoms with Crippen molar-refractivity contribution < 1.29 is 4.42 Å². The topological polar surface area (TPSA) is 48.8 Å². The lowest BCUT2D eigenvalue weighted by Gasteiger charge is -2.33. The summed E-state index contributed by atoms with van der Waals surface area (Å²) in [5, 5.41) is 9.67. The molecule has 0 N–H and O–H groups in total. The first kappa shape index (κ1) is 39.9. The number of aromatic nitrogens is 4. The molecule has 0 radical (unpaired) electrons. The van der Waals surface area contributed by atoms with Crippen LogP contribution in [0.5, 0.6) is 0 Å². The molecule has 0 saturated heterocycles. The minimum absolute atomic E-state index is 0.0735. The molecular formula is C58H34B2N4OS4. The lowest BCUT2D eigenvalue weighted by molar-refractivity contribution is 0.583. The van der Waals surface area contributed by atoms with E-state index in [0.29, 0.717) is 0 Å². The summed E-state index contributed by atoms with van der Waals surface area (Å²) < 4.78 is 10.6. The standard InChI is InChI=1S/C58H34B2N4OS4/c1-3-9-35(10-4-1)40-30-61-63(32-40)42-19-23-51-46(28-42)59-44-25-37(17-21-49(44)66-53-13-7-15-55(68-51)57(53)59)39-27-48(65-34-39)38-18-22-50-45(26-38)60-47-29-43(64-33-41(31-62-64)36-11-5-2-6-12-36)20-24-52(47)69-56-16-8-14-54(67-50)58(56)60/h1-34H. The Kier molecular flexibility index (Phi) is 9.12. The Bertz CT molecular complexity index is 3620. The van der Waals surface area contributed by atoms with E-state index in [0.717, 1.165) is 56.1 Å². The summed E-state index contributed by atoms with van der Waals surface area (Å²) in [5.41, 5.74) is 18.0. The maximum atomic E-state index is 6.56. The number of fused-ring (bicyclic) bond motifs is 8. The van der Waals surface area contributed by atoms with Crippen LogP contribution in [0.4, 0.5) is 0 Å². The third kappa shape index (κ3) is 6.55. The second-order valence-corrected chi connectivity index (χ2v) is 22.2. The van der Waals surface area contributed by atoms with Crippen LogP contribution in [0, 0.1) is 0 Å². The van der Waals surface area contributed by atoms with Crippen LogP contribution in [0.25, 0.3) is 56.1 Å². The van der Waals surface area contributed by atoms with E-state index in [1.807, 2.05) is 81.1 Å². The fraction of sp³-hybridized carbons (Fsp3) is 0. The molecule has 7 heterocycles. The number of nitrogens with zero attached hydrogens (tertiary/aromatic N) is 4. The molecule has 4 aliphatic rings. The summed E-state index contributed by atoms with van der Waals surface area (Å²) in [6.45, 7) is 0.158. The zero-order valence-corrected chi connectivity index (χ0v) is 39.9. The van der Waals surface area contributed by atoms with Gasteiger partial charge >= 0.3 is 0 Å². The number of furan rings is 1. The molecule has 0 spiro atoms. The van der Waals surface area contributed by atoms with Crippen molar-refractivity contribution in [2.45, 2.75) is 39.2 Å². The third-order valence-electron chi connectivity index (χ3n) is 13.9. The van der Waals surface area contributed by atoms with Gasteiger partial charge < -0.3 is 4.42 Å². The van der Waals surface area contributed by atoms with Crippen molar-refractivity contribution in [2.75, 3.05) is 0 Å². The number of hydrogen-bond acceptors (Lipinski definition) is 7. The SMILES string of the molecule is c1ccc(-c2cnn(-c3ccc4c(c3)B3c5cc(-c6coc(-c7ccc8c(c7)B7c9cc(-n%10cc(-c%11ccccc%11)cn%10)ccc9Sc9cccc(c97)S8)c6)ccc5Sc5cccc(c53)S4)c2)cc1. The van der Waals surface area contributed by atoms with Crippen molar-refractivity contribution in [3.05, 3.63) is 207 Å². The van der Waals surface area contributed by atoms with Crippen LogP contribution in [0.3, 0.4) is 0 Å². The lowest BCUT2D eigenvalue weighted by atomic mass is 9.36. The molecule has 11 aromatic rings. The second kappa shape index (κ2) is 15.8. The molecule has 0 fully saturated rings. The summed E-state index contributed by atoms with van der Waals surface area (Å²) in [7, 11) is 0. The molecule has 11 heteroatoms. The molecule has 0 amide bonds. The van der Waals surface area contributed by atoms with Crippen molar-refractivity contribution in [2.24, 2.45) is 0 Å². The van der Waals surface area contributed by atoms with Crippen LogP contribution in [0.1, 0.15) is 0 Å². The molecule has 8 aromatic carbocycles. The molecule has 4 aliphatic heterocycles. The zero-order valence-electron chi connectivity index (χ0n) is 36.6. The Morgan fingerprint density at radius 1 is 0.348 bits per heavy atom. The van der Waals surface area contributed by atoms with Crippen molar-refractivity contribution in [1.29, 1.82) is 0 Å². The van der Waals surface area contributed by atoms with E-state index in [1.54, 1.807) is 0 Å². The van der Waals surface area contributed by atoms with E-state index in [2.05, 4.69) is 182 Å². The van der Waals surface area contributed by atoms with Crippen LogP contribution in [-0.2, 0) is 0 Å². The predicted molar refractivity (Wildman–Crippen MR) is 286 cm³/mol. The molecule has 0 atom stereocenters. The molecule has 3 aromatic heterocycles. The lowest BCUT2D eigenvalue weighted by Crippen LogP contribution is -2.58. The first-order valence-electron chi connectivity index (χ1n) is 23.0. The van der Waals surface area contributed by atoms with Gasteiger partial charge in [-0.3, -0.25) is 0 Å². The van der Waals surface area contributed by atoms with E-state index in [4.69, 9.17) is 14.6 Å². The summed E-state index contributed by atoms with van der Waals surface area (Å²) >= 11 is 7.50. The van der Waals surface area contributed by atoms with Crippen molar-refractivity contribution in [1.82, 2.24) is 19.6 Å². The molecule has 0 saturated carbocycles. The molecule has 69 heavy (non-hydrogen) atoms. The molecule has 0 bridgehead atoms. The second-order valence-electron chi connectivity index (χ2n) is 17.8. The Morgan fingerprint density at radius 3 is 1.28 bits per heavy atom. The molecule has 15 rings (SSSR count). The normalized spacial score (nSPS) is 13.5. The maximum absolute atomic E-state index is 6.56. The predicted octanol–water partition coefficient (Wildman–Crippen LogP) is 11.2. The average molecular weight is 953 g/mol. The Labute approximate surface area is 416 Å². The third-order valence-corrected chi connectivity index (χ3v) is 18.6. The van der Waals surface area contributed by atoms with Gasteiger partial charge in [-0.25, -0.2) is 9.36 Å². The van der Waals surface area contributed by atoms with Gasteiger partial charge in [-0.15, -0.1) is 0 Å². The number of rotatable bonds is 6. The van der Waals surface area contributed by atoms with Crippen molar-refractivity contribution >= 4 is 93.2 Å². The molecule has 5 nitrogen and oxygen atoms in total. The fourth-order valence-corrected chi connectivity index (χ4v) is 15.3. The maximum Gasteiger partial charge on any atom is 0.247 e. The highest BCUT2D eigenvalue weighted by Gasteiger charge is 2.40. The van der Waals surface area contributed by atoms with Gasteiger partial charge in [0.2, 0.25) is 13.4 Å². The Morgan fingerprint density at radius 2 is 0.783 bits per heavy atom. The summed E-state index contributed by atoms with van der Waals surface area (Å²) in [5.74, 6) is 0.860. The van der Waals surface area contributed by atoms with E-state index in [9.17, 15) is 0 Å².